The fourth-order valence-corrected chi connectivity index (χ4v) is 5.70. The number of thioether (sulfide) groups is 2. The molecule has 10 heteroatoms. The highest BCUT2D eigenvalue weighted by Crippen LogP contribution is 2.32. The number of hydrogen-bond donors (Lipinski definition) is 2. The number of hydrazone groups is 1. The van der Waals surface area contributed by atoms with Gasteiger partial charge >= 0.3 is 0 Å². The Bertz CT molecular complexity index is 1190. The Hall–Kier alpha value is -2.33. The van der Waals surface area contributed by atoms with Crippen LogP contribution in [0.3, 0.4) is 0 Å². The molecule has 0 aliphatic heterocycles. The molecule has 30 heavy (non-hydrogen) atoms. The van der Waals surface area contributed by atoms with Gasteiger partial charge in [-0.1, -0.05) is 82.9 Å². The molecule has 2 heterocycles. The summed E-state index contributed by atoms with van der Waals surface area (Å²) in [5, 5.41) is 14.1. The third kappa shape index (κ3) is 5.42. The lowest BCUT2D eigenvalue weighted by atomic mass is 10.2. The molecule has 0 unspecified atom stereocenters. The molecule has 0 spiro atoms. The first-order chi connectivity index (χ1) is 14.7. The molecule has 6 nitrogen and oxygen atoms in total. The summed E-state index contributed by atoms with van der Waals surface area (Å²) in [6.07, 6.45) is 3.49. The van der Waals surface area contributed by atoms with Crippen molar-refractivity contribution in [2.45, 2.75) is 14.4 Å². The van der Waals surface area contributed by atoms with Crippen LogP contribution in [0, 0.1) is 0 Å². The van der Waals surface area contributed by atoms with Gasteiger partial charge in [0.2, 0.25) is 0 Å². The van der Waals surface area contributed by atoms with Gasteiger partial charge in [-0.2, -0.15) is 5.10 Å². The Morgan fingerprint density at radius 2 is 1.90 bits per heavy atom. The average Bonchev–Trinajstić information content (AvgIpc) is 3.39. The summed E-state index contributed by atoms with van der Waals surface area (Å²) >= 11 is 10.6. The minimum absolute atomic E-state index is 0.198. The largest absolute Gasteiger partial charge is 0.361 e. The second-order valence-corrected chi connectivity index (χ2v) is 9.92. The number of para-hydroxylation sites is 1. The Morgan fingerprint density at radius 3 is 2.77 bits per heavy atom. The number of benzene rings is 2. The Morgan fingerprint density at radius 1 is 1.13 bits per heavy atom. The molecule has 0 atom stereocenters. The number of rotatable bonds is 8. The lowest BCUT2D eigenvalue weighted by molar-refractivity contribution is -0.118. The fraction of sp³-hybridized carbons (Fsp3) is 0.100. The van der Waals surface area contributed by atoms with E-state index in [0.717, 1.165) is 41.5 Å². The van der Waals surface area contributed by atoms with Crippen molar-refractivity contribution in [3.05, 3.63) is 70.9 Å². The van der Waals surface area contributed by atoms with E-state index >= 15 is 0 Å². The molecule has 2 aromatic carbocycles. The van der Waals surface area contributed by atoms with Crippen molar-refractivity contribution in [1.29, 1.82) is 0 Å². The lowest BCUT2D eigenvalue weighted by Crippen LogP contribution is -2.19. The normalized spacial score (nSPS) is 11.4. The molecule has 0 bridgehead atoms. The molecule has 2 N–H and O–H groups in total. The summed E-state index contributed by atoms with van der Waals surface area (Å²) in [5.74, 6) is 0.744. The van der Waals surface area contributed by atoms with E-state index in [1.165, 1.54) is 23.1 Å². The van der Waals surface area contributed by atoms with Crippen molar-refractivity contribution in [3.8, 4) is 0 Å². The number of amides is 1. The zero-order valence-electron chi connectivity index (χ0n) is 15.5. The topological polar surface area (TPSA) is 83.0 Å². The van der Waals surface area contributed by atoms with Gasteiger partial charge in [0.05, 0.1) is 12.0 Å². The summed E-state index contributed by atoms with van der Waals surface area (Å²) < 4.78 is 1.59. The van der Waals surface area contributed by atoms with Crippen LogP contribution in [0.15, 0.2) is 68.5 Å². The molecule has 2 aromatic heterocycles. The van der Waals surface area contributed by atoms with Gasteiger partial charge in [-0.15, -0.1) is 10.2 Å². The zero-order chi connectivity index (χ0) is 20.8. The van der Waals surface area contributed by atoms with Crippen molar-refractivity contribution in [1.82, 2.24) is 20.6 Å². The zero-order valence-corrected chi connectivity index (χ0v) is 18.7. The minimum Gasteiger partial charge on any atom is -0.361 e. The van der Waals surface area contributed by atoms with E-state index in [2.05, 4.69) is 25.7 Å². The molecular formula is C20H16ClN5OS3. The second kappa shape index (κ2) is 10.1. The monoisotopic (exact) mass is 473 g/mol. The number of nitrogens with one attached hydrogen (secondary N) is 2. The van der Waals surface area contributed by atoms with Crippen LogP contribution in [0.1, 0.15) is 11.1 Å². The number of aromatic nitrogens is 3. The molecule has 4 aromatic rings. The van der Waals surface area contributed by atoms with Crippen LogP contribution < -0.4 is 5.43 Å². The Kier molecular flexibility index (Phi) is 7.06. The van der Waals surface area contributed by atoms with Gasteiger partial charge in [0.1, 0.15) is 0 Å². The number of H-pyrrole nitrogens is 1. The van der Waals surface area contributed by atoms with Gasteiger partial charge in [0, 0.05) is 33.4 Å². The molecule has 0 saturated carbocycles. The highest BCUT2D eigenvalue weighted by atomic mass is 35.5. The van der Waals surface area contributed by atoms with Gasteiger partial charge in [0.25, 0.3) is 5.91 Å². The maximum atomic E-state index is 12.0. The van der Waals surface area contributed by atoms with Gasteiger partial charge in [-0.3, -0.25) is 4.79 Å². The molecule has 0 aliphatic carbocycles. The number of carbonyl (C=O) groups is 1. The maximum absolute atomic E-state index is 12.0. The van der Waals surface area contributed by atoms with E-state index in [1.807, 2.05) is 54.7 Å². The quantitative estimate of drug-likeness (QED) is 0.208. The average molecular weight is 474 g/mol. The van der Waals surface area contributed by atoms with Crippen molar-refractivity contribution >= 4 is 69.5 Å². The molecule has 0 aliphatic rings. The second-order valence-electron chi connectivity index (χ2n) is 6.09. The van der Waals surface area contributed by atoms with E-state index < -0.39 is 0 Å². The van der Waals surface area contributed by atoms with Gasteiger partial charge in [-0.05, 0) is 17.7 Å². The molecule has 152 valence electrons. The lowest BCUT2D eigenvalue weighted by Gasteiger charge is -2.00. The van der Waals surface area contributed by atoms with Crippen LogP contribution in [-0.4, -0.2) is 33.1 Å². The van der Waals surface area contributed by atoms with Crippen LogP contribution in [0.25, 0.3) is 10.9 Å². The van der Waals surface area contributed by atoms with Crippen LogP contribution >= 0.6 is 46.5 Å². The number of aromatic amines is 1. The van der Waals surface area contributed by atoms with Crippen LogP contribution in [-0.2, 0) is 10.5 Å². The summed E-state index contributed by atoms with van der Waals surface area (Å²) in [5.41, 5.74) is 5.55. The van der Waals surface area contributed by atoms with Crippen molar-refractivity contribution in [2.75, 3.05) is 5.75 Å². The third-order valence-corrected chi connectivity index (χ3v) is 7.65. The van der Waals surface area contributed by atoms with E-state index in [-0.39, 0.29) is 11.7 Å². The molecule has 0 saturated heterocycles. The van der Waals surface area contributed by atoms with Gasteiger partial charge in [0.15, 0.2) is 8.68 Å². The van der Waals surface area contributed by atoms with Crippen molar-refractivity contribution < 1.29 is 4.79 Å². The van der Waals surface area contributed by atoms with Crippen LogP contribution in [0.4, 0.5) is 0 Å². The predicted molar refractivity (Wildman–Crippen MR) is 126 cm³/mol. The molecule has 0 fully saturated rings. The summed E-state index contributed by atoms with van der Waals surface area (Å²) in [4.78, 5) is 15.2. The van der Waals surface area contributed by atoms with Gasteiger partial charge < -0.3 is 4.98 Å². The molecular weight excluding hydrogens is 458 g/mol. The highest BCUT2D eigenvalue weighted by Gasteiger charge is 2.09. The van der Waals surface area contributed by atoms with Gasteiger partial charge in [-0.25, -0.2) is 5.43 Å². The van der Waals surface area contributed by atoms with E-state index in [1.54, 1.807) is 18.0 Å². The first kappa shape index (κ1) is 20.9. The third-order valence-electron chi connectivity index (χ3n) is 4.04. The van der Waals surface area contributed by atoms with E-state index in [9.17, 15) is 4.79 Å². The maximum Gasteiger partial charge on any atom is 0.250 e. The number of nitrogens with zero attached hydrogens (tertiary/aromatic N) is 3. The summed E-state index contributed by atoms with van der Waals surface area (Å²) in [6.45, 7) is 0. The number of halogens is 1. The van der Waals surface area contributed by atoms with Crippen LogP contribution in [0.2, 0.25) is 5.02 Å². The summed E-state index contributed by atoms with van der Waals surface area (Å²) in [7, 11) is 0. The molecule has 0 radical (unpaired) electrons. The van der Waals surface area contributed by atoms with E-state index in [4.69, 9.17) is 11.6 Å². The first-order valence-corrected chi connectivity index (χ1v) is 12.1. The number of carbonyl (C=O) groups excluding carboxylic acids is 1. The number of hydrogen-bond acceptors (Lipinski definition) is 7. The first-order valence-electron chi connectivity index (χ1n) is 8.89. The van der Waals surface area contributed by atoms with E-state index in [0.29, 0.717) is 0 Å². The molecule has 4 rings (SSSR count). The SMILES string of the molecule is O=C(CSc1nnc(SCc2ccccc2Cl)s1)N/N=C\c1c[nH]c2ccccc12. The smallest absolute Gasteiger partial charge is 0.250 e. The Labute approximate surface area is 190 Å². The predicted octanol–water partition coefficient (Wildman–Crippen LogP) is 5.21. The summed E-state index contributed by atoms with van der Waals surface area (Å²) in [6, 6.07) is 15.7. The van der Waals surface area contributed by atoms with Crippen LogP contribution in [0.5, 0.6) is 0 Å². The Balaban J connectivity index is 1.24. The number of fused-ring (bicyclic) bond motifs is 1. The highest BCUT2D eigenvalue weighted by molar-refractivity contribution is 8.03. The molecule has 1 amide bonds. The standard InChI is InChI=1S/C20H16ClN5OS3/c21-16-7-3-1-5-13(16)11-28-19-25-26-20(30-19)29-12-18(27)24-23-10-14-9-22-17-8-4-2-6-15(14)17/h1-10,22H,11-12H2,(H,24,27)/b23-10-. The fourth-order valence-electron chi connectivity index (χ4n) is 2.60. The minimum atomic E-state index is -0.198. The van der Waals surface area contributed by atoms with Crippen molar-refractivity contribution in [3.63, 3.8) is 0 Å². The van der Waals surface area contributed by atoms with Crippen molar-refractivity contribution in [2.24, 2.45) is 5.10 Å².